The number of ether oxygens (including phenoxy) is 1. The molecule has 1 aromatic rings. The number of amides is 1. The summed E-state index contributed by atoms with van der Waals surface area (Å²) in [7, 11) is -2.43. The van der Waals surface area contributed by atoms with E-state index in [1.54, 1.807) is 0 Å². The Kier molecular flexibility index (Phi) is 5.38. The van der Waals surface area contributed by atoms with E-state index in [9.17, 15) is 17.6 Å². The zero-order valence-corrected chi connectivity index (χ0v) is 14.8. The largest absolute Gasteiger partial charge is 0.376 e. The molecule has 3 rings (SSSR count). The van der Waals surface area contributed by atoms with Crippen LogP contribution in [-0.4, -0.2) is 51.0 Å². The Labute approximate surface area is 146 Å². The Morgan fingerprint density at radius 3 is 2.76 bits per heavy atom. The van der Waals surface area contributed by atoms with Crippen LogP contribution >= 0.6 is 0 Å². The van der Waals surface area contributed by atoms with E-state index in [-0.39, 0.29) is 18.4 Å². The van der Waals surface area contributed by atoms with Crippen LogP contribution in [0.25, 0.3) is 0 Å². The predicted molar refractivity (Wildman–Crippen MR) is 89.3 cm³/mol. The van der Waals surface area contributed by atoms with Gasteiger partial charge in [-0.25, -0.2) is 4.39 Å². The van der Waals surface area contributed by atoms with Crippen LogP contribution in [0.2, 0.25) is 0 Å². The minimum absolute atomic E-state index is 0.0134. The lowest BCUT2D eigenvalue weighted by Gasteiger charge is -2.36. The summed E-state index contributed by atoms with van der Waals surface area (Å²) in [5, 5.41) is 2.79. The van der Waals surface area contributed by atoms with Gasteiger partial charge in [-0.15, -0.1) is 0 Å². The molecule has 9 heteroatoms. The summed E-state index contributed by atoms with van der Waals surface area (Å²) in [5.74, 6) is -0.749. The number of hydrogen-bond donors (Lipinski definition) is 2. The molecule has 0 aromatic heterocycles. The van der Waals surface area contributed by atoms with Gasteiger partial charge < -0.3 is 10.1 Å². The molecule has 2 heterocycles. The van der Waals surface area contributed by atoms with Crippen LogP contribution in [-0.2, 0) is 19.7 Å². The number of benzene rings is 1. The zero-order chi connectivity index (χ0) is 18.0. The molecule has 7 nitrogen and oxygen atoms in total. The van der Waals surface area contributed by atoms with Crippen LogP contribution in [0.15, 0.2) is 24.3 Å². The number of nitrogens with zero attached hydrogens (tertiary/aromatic N) is 1. The van der Waals surface area contributed by atoms with Crippen molar-refractivity contribution in [2.45, 2.75) is 37.5 Å². The highest BCUT2D eigenvalue weighted by Gasteiger charge is 2.40. The van der Waals surface area contributed by atoms with Gasteiger partial charge in [0, 0.05) is 26.2 Å². The first-order valence-corrected chi connectivity index (χ1v) is 9.71. The number of carbonyl (C=O) groups excluding carboxylic acids is 1. The van der Waals surface area contributed by atoms with E-state index in [4.69, 9.17) is 4.74 Å². The fourth-order valence-electron chi connectivity index (χ4n) is 3.16. The van der Waals surface area contributed by atoms with Crippen LogP contribution in [0, 0.1) is 5.82 Å². The van der Waals surface area contributed by atoms with Crippen LogP contribution in [0.3, 0.4) is 0 Å². The van der Waals surface area contributed by atoms with E-state index >= 15 is 0 Å². The summed E-state index contributed by atoms with van der Waals surface area (Å²) in [6, 6.07) is 4.18. The van der Waals surface area contributed by atoms with Gasteiger partial charge in [0.1, 0.15) is 11.9 Å². The molecule has 1 amide bonds. The Balaban J connectivity index is 1.72. The quantitative estimate of drug-likeness (QED) is 0.816. The van der Waals surface area contributed by atoms with Crippen molar-refractivity contribution >= 4 is 16.1 Å². The third kappa shape index (κ3) is 4.17. The first-order chi connectivity index (χ1) is 11.9. The number of rotatable bonds is 4. The van der Waals surface area contributed by atoms with Crippen molar-refractivity contribution in [2.24, 2.45) is 0 Å². The van der Waals surface area contributed by atoms with Crippen molar-refractivity contribution in [2.75, 3.05) is 20.2 Å². The van der Waals surface area contributed by atoms with Gasteiger partial charge in [0.05, 0.1) is 6.10 Å². The molecule has 2 aliphatic rings. The van der Waals surface area contributed by atoms with Gasteiger partial charge in [0.2, 0.25) is 5.91 Å². The highest BCUT2D eigenvalue weighted by Crippen LogP contribution is 2.28. The molecule has 1 aromatic carbocycles. The van der Waals surface area contributed by atoms with Gasteiger partial charge in [0.25, 0.3) is 10.2 Å². The second-order valence-electron chi connectivity index (χ2n) is 6.37. The monoisotopic (exact) mass is 371 g/mol. The molecule has 3 atom stereocenters. The summed E-state index contributed by atoms with van der Waals surface area (Å²) < 4.78 is 46.8. The third-order valence-electron chi connectivity index (χ3n) is 4.67. The summed E-state index contributed by atoms with van der Waals surface area (Å²) in [5.41, 5.74) is 0.620. The van der Waals surface area contributed by atoms with E-state index in [0.29, 0.717) is 18.7 Å². The average Bonchev–Trinajstić information content (AvgIpc) is 3.09. The average molecular weight is 371 g/mol. The minimum Gasteiger partial charge on any atom is -0.376 e. The van der Waals surface area contributed by atoms with E-state index < -0.39 is 28.1 Å². The highest BCUT2D eigenvalue weighted by atomic mass is 32.2. The summed E-state index contributed by atoms with van der Waals surface area (Å²) in [6.07, 6.45) is 2.10. The number of halogens is 1. The Morgan fingerprint density at radius 2 is 2.12 bits per heavy atom. The van der Waals surface area contributed by atoms with Crippen molar-refractivity contribution in [3.05, 3.63) is 35.6 Å². The molecule has 0 radical (unpaired) electrons. The second-order valence-corrected chi connectivity index (χ2v) is 8.14. The van der Waals surface area contributed by atoms with E-state index in [0.717, 1.165) is 17.1 Å². The molecule has 2 aliphatic heterocycles. The molecule has 1 unspecified atom stereocenters. The molecule has 0 spiro atoms. The maximum atomic E-state index is 13.1. The van der Waals surface area contributed by atoms with Crippen LogP contribution in [0.4, 0.5) is 4.39 Å². The Hall–Kier alpha value is -1.55. The Bertz CT molecular complexity index is 719. The van der Waals surface area contributed by atoms with Crippen molar-refractivity contribution in [3.8, 4) is 0 Å². The summed E-state index contributed by atoms with van der Waals surface area (Å²) in [6.45, 7) is 1.06. The van der Waals surface area contributed by atoms with E-state index in [2.05, 4.69) is 10.0 Å². The third-order valence-corrected chi connectivity index (χ3v) is 6.27. The fourth-order valence-corrected chi connectivity index (χ4v) is 4.43. The van der Waals surface area contributed by atoms with Gasteiger partial charge in [-0.2, -0.15) is 17.4 Å². The lowest BCUT2D eigenvalue weighted by Crippen LogP contribution is -2.57. The lowest BCUT2D eigenvalue weighted by molar-refractivity contribution is -0.125. The SMILES string of the molecule is CN1[C@@H](C(=O)NCC2CCCO2)C[C@@H](c2ccc(F)cc2)NS1(=O)=O. The molecule has 25 heavy (non-hydrogen) atoms. The fraction of sp³-hybridized carbons (Fsp3) is 0.562. The van der Waals surface area contributed by atoms with Gasteiger partial charge in [-0.05, 0) is 37.0 Å². The molecule has 0 saturated carbocycles. The molecule has 0 aliphatic carbocycles. The molecule has 2 N–H and O–H groups in total. The summed E-state index contributed by atoms with van der Waals surface area (Å²) >= 11 is 0. The van der Waals surface area contributed by atoms with Gasteiger partial charge >= 0.3 is 0 Å². The molecule has 2 fully saturated rings. The van der Waals surface area contributed by atoms with Crippen molar-refractivity contribution in [1.82, 2.24) is 14.3 Å². The lowest BCUT2D eigenvalue weighted by atomic mass is 9.99. The van der Waals surface area contributed by atoms with Crippen molar-refractivity contribution in [1.29, 1.82) is 0 Å². The second kappa shape index (κ2) is 7.36. The van der Waals surface area contributed by atoms with Gasteiger partial charge in [-0.3, -0.25) is 4.79 Å². The molecule has 138 valence electrons. The van der Waals surface area contributed by atoms with Gasteiger partial charge in [-0.1, -0.05) is 12.1 Å². The minimum atomic E-state index is -3.80. The maximum absolute atomic E-state index is 13.1. The molecule has 2 saturated heterocycles. The topological polar surface area (TPSA) is 87.7 Å². The van der Waals surface area contributed by atoms with Crippen molar-refractivity contribution in [3.63, 3.8) is 0 Å². The van der Waals surface area contributed by atoms with Crippen LogP contribution in [0.5, 0.6) is 0 Å². The summed E-state index contributed by atoms with van der Waals surface area (Å²) in [4.78, 5) is 12.5. The predicted octanol–water partition coefficient (Wildman–Crippen LogP) is 0.701. The normalized spacial score (nSPS) is 29.4. The molecular formula is C16H22FN3O4S. The van der Waals surface area contributed by atoms with E-state index in [1.807, 2.05) is 0 Å². The number of likely N-dealkylation sites (N-methyl/N-ethyl adjacent to an activating group) is 1. The maximum Gasteiger partial charge on any atom is 0.280 e. The number of nitrogens with one attached hydrogen (secondary N) is 2. The molecule has 0 bridgehead atoms. The standard InChI is InChI=1S/C16H22FN3O4S/c1-20-15(16(21)18-10-13-3-2-8-24-13)9-14(19-25(20,22)23)11-4-6-12(17)7-5-11/h4-7,13-15,19H,2-3,8-10H2,1H3,(H,18,21)/t13?,14-,15+/m0/s1. The first-order valence-electron chi connectivity index (χ1n) is 8.27. The first kappa shape index (κ1) is 18.2. The highest BCUT2D eigenvalue weighted by molar-refractivity contribution is 7.87. The molecular weight excluding hydrogens is 349 g/mol. The van der Waals surface area contributed by atoms with Gasteiger partial charge in [0.15, 0.2) is 0 Å². The number of hydrogen-bond acceptors (Lipinski definition) is 4. The van der Waals surface area contributed by atoms with Crippen molar-refractivity contribution < 1.29 is 22.3 Å². The van der Waals surface area contributed by atoms with Crippen LogP contribution in [0.1, 0.15) is 30.9 Å². The van der Waals surface area contributed by atoms with E-state index in [1.165, 1.54) is 31.3 Å². The zero-order valence-electron chi connectivity index (χ0n) is 13.9. The Morgan fingerprint density at radius 1 is 1.40 bits per heavy atom. The smallest absolute Gasteiger partial charge is 0.280 e. The van der Waals surface area contributed by atoms with Crippen LogP contribution < -0.4 is 10.0 Å². The number of carbonyl (C=O) groups is 1.